The molecule has 1 aromatic heterocycles. The largest absolute Gasteiger partial charge is 0.464 e. The molecule has 0 bridgehead atoms. The van der Waals surface area contributed by atoms with Gasteiger partial charge in [-0.2, -0.15) is 0 Å². The van der Waals surface area contributed by atoms with Crippen molar-refractivity contribution in [2.75, 3.05) is 0 Å². The standard InChI is InChI=1S/C10H6BrO/c11-9-5-3-8(4-6-9)10-2-1-7-12-10/h1,3-7H. The fraction of sp³-hybridized carbons (Fsp3) is 0. The number of hydrogen-bond acceptors (Lipinski definition) is 1. The molecule has 0 fully saturated rings. The molecule has 0 amide bonds. The van der Waals surface area contributed by atoms with E-state index in [1.807, 2.05) is 24.3 Å². The minimum absolute atomic E-state index is 0.780. The lowest BCUT2D eigenvalue weighted by Crippen LogP contribution is -1.71. The molecule has 12 heavy (non-hydrogen) atoms. The molecule has 0 atom stereocenters. The van der Waals surface area contributed by atoms with Gasteiger partial charge in [0.05, 0.1) is 6.26 Å². The zero-order valence-electron chi connectivity index (χ0n) is 6.25. The zero-order valence-corrected chi connectivity index (χ0v) is 7.84. The second-order valence-electron chi connectivity index (χ2n) is 2.40. The van der Waals surface area contributed by atoms with E-state index in [1.165, 1.54) is 0 Å². The third-order valence-corrected chi connectivity index (χ3v) is 2.10. The zero-order chi connectivity index (χ0) is 8.39. The first-order valence-corrected chi connectivity index (χ1v) is 4.37. The summed E-state index contributed by atoms with van der Waals surface area (Å²) in [5.41, 5.74) is 1.04. The van der Waals surface area contributed by atoms with Gasteiger partial charge in [0.1, 0.15) is 5.76 Å². The highest BCUT2D eigenvalue weighted by Crippen LogP contribution is 2.21. The highest BCUT2D eigenvalue weighted by atomic mass is 79.9. The molecule has 1 heterocycles. The van der Waals surface area contributed by atoms with Crippen LogP contribution in [0.4, 0.5) is 0 Å². The summed E-state index contributed by atoms with van der Waals surface area (Å²) < 4.78 is 6.26. The van der Waals surface area contributed by atoms with Crippen LogP contribution in [-0.2, 0) is 0 Å². The average molecular weight is 222 g/mol. The van der Waals surface area contributed by atoms with E-state index in [0.29, 0.717) is 0 Å². The van der Waals surface area contributed by atoms with Gasteiger partial charge in [-0.3, -0.25) is 0 Å². The molecule has 0 saturated heterocycles. The highest BCUT2D eigenvalue weighted by Gasteiger charge is 1.98. The van der Waals surface area contributed by atoms with E-state index in [2.05, 4.69) is 22.0 Å². The van der Waals surface area contributed by atoms with Crippen LogP contribution in [-0.4, -0.2) is 0 Å². The highest BCUT2D eigenvalue weighted by molar-refractivity contribution is 9.10. The Hall–Kier alpha value is -1.02. The van der Waals surface area contributed by atoms with Crippen molar-refractivity contribution < 1.29 is 4.42 Å². The van der Waals surface area contributed by atoms with Crippen LogP contribution in [0.2, 0.25) is 0 Å². The molecule has 2 heteroatoms. The molecule has 2 rings (SSSR count). The van der Waals surface area contributed by atoms with Gasteiger partial charge in [-0.1, -0.05) is 28.1 Å². The second-order valence-corrected chi connectivity index (χ2v) is 3.32. The van der Waals surface area contributed by atoms with Crippen molar-refractivity contribution in [3.8, 4) is 11.3 Å². The molecule has 2 aromatic rings. The van der Waals surface area contributed by atoms with Crippen LogP contribution < -0.4 is 0 Å². The third-order valence-electron chi connectivity index (χ3n) is 1.57. The maximum Gasteiger partial charge on any atom is 0.141 e. The summed E-state index contributed by atoms with van der Waals surface area (Å²) in [7, 11) is 0. The van der Waals surface area contributed by atoms with Crippen LogP contribution in [0.5, 0.6) is 0 Å². The quantitative estimate of drug-likeness (QED) is 0.719. The number of rotatable bonds is 1. The SMILES string of the molecule is Brc1ccc(-c2[c]cco2)cc1. The van der Waals surface area contributed by atoms with Crippen LogP contribution in [0, 0.1) is 6.07 Å². The van der Waals surface area contributed by atoms with Crippen molar-refractivity contribution in [2.24, 2.45) is 0 Å². The van der Waals surface area contributed by atoms with E-state index in [1.54, 1.807) is 12.3 Å². The lowest BCUT2D eigenvalue weighted by molar-refractivity contribution is 0.582. The van der Waals surface area contributed by atoms with Gasteiger partial charge in [0.25, 0.3) is 0 Å². The van der Waals surface area contributed by atoms with Crippen molar-refractivity contribution in [1.82, 2.24) is 0 Å². The molecule has 59 valence electrons. The van der Waals surface area contributed by atoms with Crippen LogP contribution in [0.3, 0.4) is 0 Å². The lowest BCUT2D eigenvalue weighted by Gasteiger charge is -1.94. The Morgan fingerprint density at radius 2 is 1.92 bits per heavy atom. The molecule has 0 N–H and O–H groups in total. The van der Waals surface area contributed by atoms with Crippen LogP contribution in [0.1, 0.15) is 0 Å². The Kier molecular flexibility index (Phi) is 2.00. The summed E-state index contributed by atoms with van der Waals surface area (Å²) in [6.07, 6.45) is 1.62. The molecule has 0 aliphatic carbocycles. The van der Waals surface area contributed by atoms with Crippen molar-refractivity contribution >= 4 is 15.9 Å². The summed E-state index contributed by atoms with van der Waals surface area (Å²) in [5.74, 6) is 0.780. The Morgan fingerprint density at radius 3 is 2.50 bits per heavy atom. The summed E-state index contributed by atoms with van der Waals surface area (Å²) in [5, 5.41) is 0. The summed E-state index contributed by atoms with van der Waals surface area (Å²) >= 11 is 3.37. The van der Waals surface area contributed by atoms with Gasteiger partial charge in [0.2, 0.25) is 0 Å². The van der Waals surface area contributed by atoms with Gasteiger partial charge in [-0.15, -0.1) is 0 Å². The van der Waals surface area contributed by atoms with E-state index in [4.69, 9.17) is 4.42 Å². The van der Waals surface area contributed by atoms with E-state index < -0.39 is 0 Å². The van der Waals surface area contributed by atoms with Crippen LogP contribution in [0.15, 0.2) is 45.5 Å². The summed E-state index contributed by atoms with van der Waals surface area (Å²) in [6, 6.07) is 12.7. The van der Waals surface area contributed by atoms with Gasteiger partial charge in [-0.25, -0.2) is 0 Å². The fourth-order valence-corrected chi connectivity index (χ4v) is 1.26. The summed E-state index contributed by atoms with van der Waals surface area (Å²) in [4.78, 5) is 0. The number of furan rings is 1. The topological polar surface area (TPSA) is 13.1 Å². The molecular weight excluding hydrogens is 216 g/mol. The van der Waals surface area contributed by atoms with E-state index in [-0.39, 0.29) is 0 Å². The first-order chi connectivity index (χ1) is 5.86. The molecule has 0 spiro atoms. The Morgan fingerprint density at radius 1 is 1.17 bits per heavy atom. The molecule has 0 saturated carbocycles. The Bertz CT molecular complexity index is 348. The van der Waals surface area contributed by atoms with Gasteiger partial charge in [0.15, 0.2) is 0 Å². The van der Waals surface area contributed by atoms with E-state index >= 15 is 0 Å². The van der Waals surface area contributed by atoms with Crippen molar-refractivity contribution in [3.63, 3.8) is 0 Å². The molecule has 1 radical (unpaired) electrons. The molecule has 1 nitrogen and oxygen atoms in total. The van der Waals surface area contributed by atoms with Crippen molar-refractivity contribution in [2.45, 2.75) is 0 Å². The molecular formula is C10H6BrO. The van der Waals surface area contributed by atoms with Gasteiger partial charge < -0.3 is 4.42 Å². The maximum absolute atomic E-state index is 5.19. The monoisotopic (exact) mass is 221 g/mol. The predicted molar refractivity (Wildman–Crippen MR) is 50.7 cm³/mol. The predicted octanol–water partition coefficient (Wildman–Crippen LogP) is 3.51. The number of halogens is 1. The first-order valence-electron chi connectivity index (χ1n) is 3.57. The van der Waals surface area contributed by atoms with Crippen LogP contribution in [0.25, 0.3) is 11.3 Å². The molecule has 0 aliphatic heterocycles. The Balaban J connectivity index is 2.43. The minimum Gasteiger partial charge on any atom is -0.464 e. The second kappa shape index (κ2) is 3.15. The van der Waals surface area contributed by atoms with Crippen LogP contribution >= 0.6 is 15.9 Å². The maximum atomic E-state index is 5.19. The van der Waals surface area contributed by atoms with Gasteiger partial charge >= 0.3 is 0 Å². The van der Waals surface area contributed by atoms with Gasteiger partial charge in [-0.05, 0) is 18.2 Å². The molecule has 0 aliphatic rings. The third kappa shape index (κ3) is 1.43. The first kappa shape index (κ1) is 7.62. The average Bonchev–Trinajstić information content (AvgIpc) is 2.58. The van der Waals surface area contributed by atoms with Crippen molar-refractivity contribution in [3.05, 3.63) is 47.1 Å². The van der Waals surface area contributed by atoms with E-state index in [0.717, 1.165) is 15.8 Å². The number of benzene rings is 1. The lowest BCUT2D eigenvalue weighted by atomic mass is 10.2. The molecule has 0 unspecified atom stereocenters. The molecule has 1 aromatic carbocycles. The van der Waals surface area contributed by atoms with E-state index in [9.17, 15) is 0 Å². The number of hydrogen-bond donors (Lipinski definition) is 0. The Labute approximate surface area is 79.2 Å². The van der Waals surface area contributed by atoms with Gasteiger partial charge in [0, 0.05) is 16.1 Å². The fourth-order valence-electron chi connectivity index (χ4n) is 0.998. The normalized spacial score (nSPS) is 10.1. The van der Waals surface area contributed by atoms with Crippen molar-refractivity contribution in [1.29, 1.82) is 0 Å². The summed E-state index contributed by atoms with van der Waals surface area (Å²) in [6.45, 7) is 0. The smallest absolute Gasteiger partial charge is 0.141 e. The minimum atomic E-state index is 0.780.